The quantitative estimate of drug-likeness (QED) is 0.164. The van der Waals surface area contributed by atoms with Crippen LogP contribution >= 0.6 is 23.2 Å². The summed E-state index contributed by atoms with van der Waals surface area (Å²) in [7, 11) is 1.59. The molecule has 2 aromatic heterocycles. The molecule has 4 aromatic rings. The first-order valence-corrected chi connectivity index (χ1v) is 15.9. The maximum absolute atomic E-state index is 14.2. The average molecular weight is 675 g/mol. The third-order valence-corrected chi connectivity index (χ3v) is 8.37. The summed E-state index contributed by atoms with van der Waals surface area (Å²) in [5.74, 6) is -0.561. The summed E-state index contributed by atoms with van der Waals surface area (Å²) < 4.78 is 33.5. The molecule has 2 atom stereocenters. The van der Waals surface area contributed by atoms with E-state index in [9.17, 15) is 14.0 Å². The van der Waals surface area contributed by atoms with Crippen LogP contribution in [0, 0.1) is 0 Å². The molecular weight excluding hydrogens is 636 g/mol. The lowest BCUT2D eigenvalue weighted by Gasteiger charge is -2.27. The van der Waals surface area contributed by atoms with Crippen LogP contribution in [0.1, 0.15) is 50.7 Å². The molecule has 0 radical (unpaired) electrons. The first-order chi connectivity index (χ1) is 21.9. The fourth-order valence-electron chi connectivity index (χ4n) is 5.49. The number of nitrogens with zero attached hydrogens (tertiary/aromatic N) is 5. The molecule has 0 aliphatic carbocycles. The van der Waals surface area contributed by atoms with Gasteiger partial charge in [0.25, 0.3) is 0 Å². The number of hydrogen-bond donors (Lipinski definition) is 0. The minimum atomic E-state index is -1.05. The third-order valence-electron chi connectivity index (χ3n) is 7.68. The lowest BCUT2D eigenvalue weighted by atomic mass is 10.0. The molecule has 0 fully saturated rings. The maximum atomic E-state index is 14.2. The Labute approximate surface area is 277 Å². The number of benzene rings is 2. The van der Waals surface area contributed by atoms with Gasteiger partial charge in [-0.05, 0) is 51.3 Å². The van der Waals surface area contributed by atoms with Crippen molar-refractivity contribution < 1.29 is 28.2 Å². The zero-order valence-corrected chi connectivity index (χ0v) is 28.1. The molecule has 1 unspecified atom stereocenters. The van der Waals surface area contributed by atoms with Crippen molar-refractivity contribution in [3.05, 3.63) is 69.9 Å². The fourth-order valence-corrected chi connectivity index (χ4v) is 6.04. The Morgan fingerprint density at radius 1 is 1.17 bits per heavy atom. The minimum Gasteiger partial charge on any atom is -0.464 e. The number of amides is 1. The molecule has 0 saturated heterocycles. The highest BCUT2D eigenvalue weighted by atomic mass is 35.5. The Bertz CT molecular complexity index is 1720. The highest BCUT2D eigenvalue weighted by Gasteiger charge is 2.35. The molecule has 1 aliphatic heterocycles. The van der Waals surface area contributed by atoms with E-state index in [1.165, 1.54) is 11.0 Å². The van der Waals surface area contributed by atoms with Gasteiger partial charge in [0.15, 0.2) is 6.04 Å². The van der Waals surface area contributed by atoms with Gasteiger partial charge in [-0.25, -0.2) is 19.0 Å². The summed E-state index contributed by atoms with van der Waals surface area (Å²) >= 11 is 13.7. The summed E-state index contributed by atoms with van der Waals surface area (Å²) in [6.07, 6.45) is 2.51. The fraction of sp³-hybridized carbons (Fsp3) is 0.455. The largest absolute Gasteiger partial charge is 0.464 e. The molecule has 0 spiro atoms. The molecular formula is C33H38Cl2FN5O5. The van der Waals surface area contributed by atoms with Gasteiger partial charge in [0, 0.05) is 49.5 Å². The van der Waals surface area contributed by atoms with E-state index < -0.39 is 23.8 Å². The number of ether oxygens (including phenoxy) is 3. The van der Waals surface area contributed by atoms with Crippen molar-refractivity contribution in [1.29, 1.82) is 0 Å². The van der Waals surface area contributed by atoms with Crippen molar-refractivity contribution in [3.8, 4) is 11.1 Å². The van der Waals surface area contributed by atoms with Crippen LogP contribution in [0.4, 0.5) is 9.18 Å². The molecule has 0 bridgehead atoms. The van der Waals surface area contributed by atoms with Crippen LogP contribution in [0.25, 0.3) is 22.0 Å². The van der Waals surface area contributed by atoms with Crippen LogP contribution in [0.15, 0.2) is 42.9 Å². The third kappa shape index (κ3) is 7.32. The molecule has 5 rings (SSSR count). The van der Waals surface area contributed by atoms with E-state index in [1.807, 2.05) is 45.0 Å². The van der Waals surface area contributed by atoms with Crippen molar-refractivity contribution in [3.63, 3.8) is 0 Å². The molecule has 0 saturated carbocycles. The monoisotopic (exact) mass is 673 g/mol. The molecule has 2 aromatic carbocycles. The summed E-state index contributed by atoms with van der Waals surface area (Å²) in [4.78, 5) is 32.0. The van der Waals surface area contributed by atoms with Gasteiger partial charge in [-0.2, -0.15) is 5.10 Å². The Balaban J connectivity index is 1.40. The molecule has 0 N–H and O–H groups in total. The SMILES string of the molecule is CCOC(=O)C(c1ncn2c1C[C@@H](F)C2)n1cc2c(Cl)cc(-c3ccc(CCN(CCOC)C(=O)OC(C)(C)C)cc3)c(Cl)c2n1. The summed E-state index contributed by atoms with van der Waals surface area (Å²) in [5.41, 5.74) is 3.34. The van der Waals surface area contributed by atoms with E-state index in [0.29, 0.717) is 64.0 Å². The normalized spacial score (nSPS) is 15.2. The predicted octanol–water partition coefficient (Wildman–Crippen LogP) is 6.68. The first kappa shape index (κ1) is 33.7. The number of fused-ring (bicyclic) bond motifs is 2. The standard InChI is InChI=1S/C33H38Cl2FN5O5/c1-6-45-31(42)30(29-26-15-22(36)17-40(26)19-37-29)41-18-24-25(34)16-23(27(35)28(24)38-41)21-9-7-20(8-10-21)11-12-39(13-14-44-5)32(43)46-33(2,3)4/h7-10,16,18-19,22,30H,6,11-15,17H2,1-5H3/t22-,30?/m1/s1. The number of esters is 1. The molecule has 3 heterocycles. The molecule has 1 aliphatic rings. The predicted molar refractivity (Wildman–Crippen MR) is 174 cm³/mol. The van der Waals surface area contributed by atoms with Gasteiger partial charge in [0.2, 0.25) is 0 Å². The number of methoxy groups -OCH3 is 1. The summed E-state index contributed by atoms with van der Waals surface area (Å²) in [6, 6.07) is 8.55. The van der Waals surface area contributed by atoms with Crippen LogP contribution in [-0.4, -0.2) is 81.5 Å². The van der Waals surface area contributed by atoms with Gasteiger partial charge in [-0.1, -0.05) is 47.5 Å². The van der Waals surface area contributed by atoms with Crippen molar-refractivity contribution in [2.45, 2.75) is 64.9 Å². The van der Waals surface area contributed by atoms with Gasteiger partial charge in [0.05, 0.1) is 41.8 Å². The second kappa shape index (κ2) is 14.0. The maximum Gasteiger partial charge on any atom is 0.410 e. The van der Waals surface area contributed by atoms with Crippen LogP contribution < -0.4 is 0 Å². The number of carbonyl (C=O) groups is 2. The number of aromatic nitrogens is 4. The van der Waals surface area contributed by atoms with Gasteiger partial charge in [-0.15, -0.1) is 0 Å². The van der Waals surface area contributed by atoms with Gasteiger partial charge in [0.1, 0.15) is 17.3 Å². The van der Waals surface area contributed by atoms with E-state index in [2.05, 4.69) is 4.98 Å². The van der Waals surface area contributed by atoms with Crippen LogP contribution in [0.3, 0.4) is 0 Å². The van der Waals surface area contributed by atoms with E-state index in [4.69, 9.17) is 42.5 Å². The highest BCUT2D eigenvalue weighted by Crippen LogP contribution is 2.39. The molecule has 10 nitrogen and oxygen atoms in total. The average Bonchev–Trinajstić information content (AvgIpc) is 3.70. The molecule has 13 heteroatoms. The second-order valence-electron chi connectivity index (χ2n) is 12.2. The van der Waals surface area contributed by atoms with E-state index >= 15 is 0 Å². The van der Waals surface area contributed by atoms with Gasteiger partial charge < -0.3 is 23.7 Å². The number of imidazole rings is 1. The van der Waals surface area contributed by atoms with Crippen LogP contribution in [0.5, 0.6) is 0 Å². The smallest absolute Gasteiger partial charge is 0.410 e. The number of rotatable bonds is 11. The van der Waals surface area contributed by atoms with Crippen molar-refractivity contribution in [2.24, 2.45) is 0 Å². The lowest BCUT2D eigenvalue weighted by Crippen LogP contribution is -2.39. The Hall–Kier alpha value is -3.67. The lowest BCUT2D eigenvalue weighted by molar-refractivity contribution is -0.146. The number of carbonyl (C=O) groups excluding carboxylic acids is 2. The zero-order chi connectivity index (χ0) is 33.2. The molecule has 1 amide bonds. The van der Waals surface area contributed by atoms with Crippen molar-refractivity contribution in [1.82, 2.24) is 24.2 Å². The van der Waals surface area contributed by atoms with Crippen molar-refractivity contribution >= 4 is 46.2 Å². The highest BCUT2D eigenvalue weighted by molar-refractivity contribution is 6.42. The number of alkyl halides is 1. The molecule has 46 heavy (non-hydrogen) atoms. The second-order valence-corrected chi connectivity index (χ2v) is 13.0. The van der Waals surface area contributed by atoms with Gasteiger partial charge in [-0.3, -0.25) is 4.68 Å². The molecule has 246 valence electrons. The Morgan fingerprint density at radius 3 is 2.59 bits per heavy atom. The van der Waals surface area contributed by atoms with E-state index in [-0.39, 0.29) is 25.7 Å². The minimum absolute atomic E-state index is 0.153. The summed E-state index contributed by atoms with van der Waals surface area (Å²) in [6.45, 7) is 8.85. The van der Waals surface area contributed by atoms with Crippen LogP contribution in [0.2, 0.25) is 10.0 Å². The number of halogens is 3. The van der Waals surface area contributed by atoms with Crippen molar-refractivity contribution in [2.75, 3.05) is 33.4 Å². The number of hydrogen-bond acceptors (Lipinski definition) is 7. The summed E-state index contributed by atoms with van der Waals surface area (Å²) in [5, 5.41) is 6.01. The van der Waals surface area contributed by atoms with E-state index in [0.717, 1.165) is 11.1 Å². The Morgan fingerprint density at radius 2 is 1.91 bits per heavy atom. The topological polar surface area (TPSA) is 101 Å². The van der Waals surface area contributed by atoms with Crippen LogP contribution in [-0.2, 0) is 38.4 Å². The Kier molecular flexibility index (Phi) is 10.2. The zero-order valence-electron chi connectivity index (χ0n) is 26.6. The first-order valence-electron chi connectivity index (χ1n) is 15.2. The van der Waals surface area contributed by atoms with E-state index in [1.54, 1.807) is 35.8 Å². The van der Waals surface area contributed by atoms with Gasteiger partial charge >= 0.3 is 12.1 Å².